The van der Waals surface area contributed by atoms with E-state index in [-0.39, 0.29) is 15.4 Å². The summed E-state index contributed by atoms with van der Waals surface area (Å²) < 4.78 is 1.20. The Kier molecular flexibility index (Phi) is 4.93. The second-order valence-corrected chi connectivity index (χ2v) is 6.50. The minimum Gasteiger partial charge on any atom is -0.258 e. The molecule has 5 heteroatoms. The Morgan fingerprint density at radius 3 is 2.21 bits per heavy atom. The molecule has 0 heterocycles. The van der Waals surface area contributed by atoms with Gasteiger partial charge in [0.2, 0.25) is 0 Å². The number of alkyl halides is 1. The van der Waals surface area contributed by atoms with E-state index in [4.69, 9.17) is 0 Å². The summed E-state index contributed by atoms with van der Waals surface area (Å²) in [5.74, 6) is 0. The van der Waals surface area contributed by atoms with Crippen molar-refractivity contribution >= 4 is 44.2 Å². The first-order chi connectivity index (χ1) is 9.06. The SMILES string of the molecule is O=[N+]([O-])c1ccc(CC(Br)c2ccc(I)cc2)cc1. The summed E-state index contributed by atoms with van der Waals surface area (Å²) in [7, 11) is 0. The van der Waals surface area contributed by atoms with Gasteiger partial charge in [-0.25, -0.2) is 0 Å². The van der Waals surface area contributed by atoms with Crippen LogP contribution in [0.15, 0.2) is 48.5 Å². The number of hydrogen-bond acceptors (Lipinski definition) is 2. The fourth-order valence-corrected chi connectivity index (χ4v) is 2.79. The Morgan fingerprint density at radius 2 is 1.68 bits per heavy atom. The first-order valence-electron chi connectivity index (χ1n) is 5.69. The van der Waals surface area contributed by atoms with E-state index < -0.39 is 0 Å². The van der Waals surface area contributed by atoms with Gasteiger partial charge >= 0.3 is 0 Å². The third-order valence-corrected chi connectivity index (χ3v) is 4.37. The van der Waals surface area contributed by atoms with Crippen LogP contribution in [0.3, 0.4) is 0 Å². The second kappa shape index (κ2) is 6.47. The largest absolute Gasteiger partial charge is 0.269 e. The summed E-state index contributed by atoms with van der Waals surface area (Å²) in [6.07, 6.45) is 0.804. The van der Waals surface area contributed by atoms with Crippen molar-refractivity contribution in [3.05, 3.63) is 73.3 Å². The highest BCUT2D eigenvalue weighted by Crippen LogP contribution is 2.28. The molecule has 1 unspecified atom stereocenters. The Morgan fingerprint density at radius 1 is 1.11 bits per heavy atom. The summed E-state index contributed by atoms with van der Waals surface area (Å²) in [5, 5.41) is 10.6. The van der Waals surface area contributed by atoms with E-state index in [9.17, 15) is 10.1 Å². The average molecular weight is 432 g/mol. The summed E-state index contributed by atoms with van der Waals surface area (Å²) in [6, 6.07) is 15.0. The fourth-order valence-electron chi connectivity index (χ4n) is 1.75. The van der Waals surface area contributed by atoms with E-state index in [1.807, 2.05) is 0 Å². The van der Waals surface area contributed by atoms with E-state index in [0.29, 0.717) is 0 Å². The molecule has 1 atom stereocenters. The number of nitro groups is 1. The molecule has 0 radical (unpaired) electrons. The Labute approximate surface area is 133 Å². The lowest BCUT2D eigenvalue weighted by Crippen LogP contribution is -1.96. The van der Waals surface area contributed by atoms with Crippen LogP contribution in [0, 0.1) is 13.7 Å². The van der Waals surface area contributed by atoms with Crippen molar-refractivity contribution in [2.45, 2.75) is 11.2 Å². The molecule has 0 spiro atoms. The molecule has 3 nitrogen and oxygen atoms in total. The maximum Gasteiger partial charge on any atom is 0.269 e. The number of nitro benzene ring substituents is 1. The lowest BCUT2D eigenvalue weighted by molar-refractivity contribution is -0.384. The molecule has 0 amide bonds. The molecular weight excluding hydrogens is 421 g/mol. The lowest BCUT2D eigenvalue weighted by atomic mass is 10.0. The highest BCUT2D eigenvalue weighted by molar-refractivity contribution is 14.1. The normalized spacial score (nSPS) is 12.1. The third kappa shape index (κ3) is 4.01. The van der Waals surface area contributed by atoms with Gasteiger partial charge in [-0.1, -0.05) is 40.2 Å². The van der Waals surface area contributed by atoms with Crippen LogP contribution in [0.5, 0.6) is 0 Å². The monoisotopic (exact) mass is 431 g/mol. The standard InChI is InChI=1S/C14H11BrINO2/c15-14(11-3-5-12(16)6-4-11)9-10-1-7-13(8-2-10)17(18)19/h1-8,14H,9H2. The molecule has 98 valence electrons. The predicted octanol–water partition coefficient (Wildman–Crippen LogP) is 4.88. The number of non-ortho nitro benzene ring substituents is 1. The van der Waals surface area contributed by atoms with Crippen LogP contribution in [0.4, 0.5) is 5.69 Å². The quantitative estimate of drug-likeness (QED) is 0.299. The average Bonchev–Trinajstić information content (AvgIpc) is 2.40. The van der Waals surface area contributed by atoms with Gasteiger partial charge in [-0.15, -0.1) is 0 Å². The third-order valence-electron chi connectivity index (χ3n) is 2.79. The van der Waals surface area contributed by atoms with Crippen molar-refractivity contribution in [3.63, 3.8) is 0 Å². The minimum absolute atomic E-state index is 0.129. The molecule has 0 N–H and O–H groups in total. The van der Waals surface area contributed by atoms with Gasteiger partial charge in [-0.2, -0.15) is 0 Å². The summed E-state index contributed by atoms with van der Waals surface area (Å²) in [4.78, 5) is 10.4. The molecule has 2 aromatic carbocycles. The predicted molar refractivity (Wildman–Crippen MR) is 87.6 cm³/mol. The van der Waals surface area contributed by atoms with Gasteiger partial charge in [0.05, 0.1) is 4.92 Å². The number of rotatable bonds is 4. The van der Waals surface area contributed by atoms with E-state index in [2.05, 4.69) is 62.8 Å². The topological polar surface area (TPSA) is 43.1 Å². The summed E-state index contributed by atoms with van der Waals surface area (Å²) in [5.41, 5.74) is 2.41. The molecule has 0 bridgehead atoms. The van der Waals surface area contributed by atoms with Gasteiger partial charge in [0.25, 0.3) is 5.69 Å². The Bertz CT molecular complexity index is 569. The maximum atomic E-state index is 10.6. The van der Waals surface area contributed by atoms with Crippen LogP contribution in [0.1, 0.15) is 16.0 Å². The lowest BCUT2D eigenvalue weighted by Gasteiger charge is -2.10. The van der Waals surface area contributed by atoms with Gasteiger partial charge in [0.1, 0.15) is 0 Å². The fraction of sp³-hybridized carbons (Fsp3) is 0.143. The Hall–Kier alpha value is -0.950. The van der Waals surface area contributed by atoms with E-state index >= 15 is 0 Å². The molecule has 0 aliphatic heterocycles. The van der Waals surface area contributed by atoms with Crippen molar-refractivity contribution in [2.24, 2.45) is 0 Å². The van der Waals surface area contributed by atoms with Crippen LogP contribution in [0.2, 0.25) is 0 Å². The van der Waals surface area contributed by atoms with E-state index in [1.165, 1.54) is 9.13 Å². The van der Waals surface area contributed by atoms with Crippen LogP contribution in [-0.2, 0) is 6.42 Å². The summed E-state index contributed by atoms with van der Waals surface area (Å²) in [6.45, 7) is 0. The number of nitrogens with zero attached hydrogens (tertiary/aromatic N) is 1. The molecule has 0 saturated heterocycles. The molecule has 0 aliphatic rings. The zero-order chi connectivity index (χ0) is 13.8. The van der Waals surface area contributed by atoms with Gasteiger partial charge in [-0.3, -0.25) is 10.1 Å². The summed E-state index contributed by atoms with van der Waals surface area (Å²) >= 11 is 5.93. The van der Waals surface area contributed by atoms with Crippen molar-refractivity contribution in [3.8, 4) is 0 Å². The van der Waals surface area contributed by atoms with Crippen molar-refractivity contribution in [1.82, 2.24) is 0 Å². The minimum atomic E-state index is -0.380. The Balaban J connectivity index is 2.08. The number of benzene rings is 2. The number of halogens is 2. The molecule has 0 aliphatic carbocycles. The van der Waals surface area contributed by atoms with Gasteiger partial charge in [0.15, 0.2) is 0 Å². The maximum absolute atomic E-state index is 10.6. The molecule has 0 aromatic heterocycles. The van der Waals surface area contributed by atoms with Crippen molar-refractivity contribution in [2.75, 3.05) is 0 Å². The van der Waals surface area contributed by atoms with Gasteiger partial charge < -0.3 is 0 Å². The smallest absolute Gasteiger partial charge is 0.258 e. The zero-order valence-corrected chi connectivity index (χ0v) is 13.7. The second-order valence-electron chi connectivity index (χ2n) is 4.15. The molecule has 2 rings (SSSR count). The van der Waals surface area contributed by atoms with Crippen LogP contribution in [-0.4, -0.2) is 4.92 Å². The highest BCUT2D eigenvalue weighted by atomic mass is 127. The molecule has 19 heavy (non-hydrogen) atoms. The molecule has 0 saturated carbocycles. The highest BCUT2D eigenvalue weighted by Gasteiger charge is 2.10. The van der Waals surface area contributed by atoms with Crippen molar-refractivity contribution in [1.29, 1.82) is 0 Å². The first kappa shape index (κ1) is 14.5. The zero-order valence-electron chi connectivity index (χ0n) is 9.92. The van der Waals surface area contributed by atoms with E-state index in [1.54, 1.807) is 24.3 Å². The molecule has 2 aromatic rings. The van der Waals surface area contributed by atoms with Crippen LogP contribution >= 0.6 is 38.5 Å². The van der Waals surface area contributed by atoms with E-state index in [0.717, 1.165) is 12.0 Å². The molecule has 0 fully saturated rings. The van der Waals surface area contributed by atoms with Gasteiger partial charge in [0, 0.05) is 20.5 Å². The van der Waals surface area contributed by atoms with Crippen molar-refractivity contribution < 1.29 is 4.92 Å². The first-order valence-corrected chi connectivity index (χ1v) is 7.68. The molecular formula is C14H11BrINO2. The van der Waals surface area contributed by atoms with Crippen LogP contribution in [0.25, 0.3) is 0 Å². The number of hydrogen-bond donors (Lipinski definition) is 0. The van der Waals surface area contributed by atoms with Gasteiger partial charge in [-0.05, 0) is 52.3 Å². The van der Waals surface area contributed by atoms with Crippen LogP contribution < -0.4 is 0 Å².